The lowest BCUT2D eigenvalue weighted by molar-refractivity contribution is -0.122. The number of carbonyl (C=O) groups is 1. The molecule has 0 aromatic heterocycles. The third-order valence-corrected chi connectivity index (χ3v) is 6.28. The van der Waals surface area contributed by atoms with Gasteiger partial charge in [-0.15, -0.1) is 0 Å². The monoisotopic (exact) mass is 279 g/mol. The second-order valence-electron chi connectivity index (χ2n) is 5.57. The highest BCUT2D eigenvalue weighted by molar-refractivity contribution is 7.93. The first-order valence-electron chi connectivity index (χ1n) is 6.58. The predicted molar refractivity (Wildman–Crippen MR) is 71.2 cm³/mol. The van der Waals surface area contributed by atoms with Crippen LogP contribution in [0.4, 0.5) is 0 Å². The molecule has 5 heteroatoms. The van der Waals surface area contributed by atoms with Crippen molar-refractivity contribution in [2.75, 3.05) is 0 Å². The molecule has 19 heavy (non-hydrogen) atoms. The van der Waals surface area contributed by atoms with E-state index in [9.17, 15) is 13.2 Å². The number of benzene rings is 1. The Morgan fingerprint density at radius 3 is 2.26 bits per heavy atom. The molecule has 3 rings (SSSR count). The molecule has 2 fully saturated rings. The van der Waals surface area contributed by atoms with Gasteiger partial charge in [-0.1, -0.05) is 17.7 Å². The largest absolute Gasteiger partial charge is 0.337 e. The fraction of sp³-hybridized carbons (Fsp3) is 0.500. The second kappa shape index (κ2) is 4.07. The highest BCUT2D eigenvalue weighted by atomic mass is 32.2. The van der Waals surface area contributed by atoms with E-state index in [0.29, 0.717) is 17.7 Å². The number of nitrogens with one attached hydrogen (secondary N) is 1. The van der Waals surface area contributed by atoms with Crippen LogP contribution < -0.4 is 5.32 Å². The highest BCUT2D eigenvalue weighted by Crippen LogP contribution is 2.45. The molecule has 1 amide bonds. The van der Waals surface area contributed by atoms with Gasteiger partial charge in [0.05, 0.1) is 4.90 Å². The number of carbonyl (C=O) groups excluding carboxylic acids is 1. The first-order valence-corrected chi connectivity index (χ1v) is 8.06. The van der Waals surface area contributed by atoms with Gasteiger partial charge in [0.1, 0.15) is 4.87 Å². The van der Waals surface area contributed by atoms with Gasteiger partial charge in [0.25, 0.3) is 0 Å². The minimum Gasteiger partial charge on any atom is -0.337 e. The molecule has 1 aromatic rings. The van der Waals surface area contributed by atoms with Crippen LogP contribution in [0, 0.1) is 12.8 Å². The Morgan fingerprint density at radius 1 is 1.21 bits per heavy atom. The zero-order valence-electron chi connectivity index (χ0n) is 10.8. The van der Waals surface area contributed by atoms with E-state index in [0.717, 1.165) is 18.4 Å². The molecule has 4 nitrogen and oxygen atoms in total. The van der Waals surface area contributed by atoms with Crippen molar-refractivity contribution in [2.45, 2.75) is 42.4 Å². The van der Waals surface area contributed by atoms with Crippen LogP contribution in [-0.4, -0.2) is 19.2 Å². The molecule has 0 spiro atoms. The molecule has 1 aromatic carbocycles. The summed E-state index contributed by atoms with van der Waals surface area (Å²) >= 11 is 0. The molecule has 2 aliphatic carbocycles. The van der Waals surface area contributed by atoms with E-state index in [1.54, 1.807) is 24.3 Å². The SMILES string of the molecule is Cc1ccc(S(=O)(=O)C2(NC(=O)C3CC3)CC2)cc1. The Labute approximate surface area is 113 Å². The van der Waals surface area contributed by atoms with Crippen LogP contribution in [0.5, 0.6) is 0 Å². The van der Waals surface area contributed by atoms with Gasteiger partial charge < -0.3 is 5.32 Å². The summed E-state index contributed by atoms with van der Waals surface area (Å²) in [5.74, 6) is -0.0705. The van der Waals surface area contributed by atoms with E-state index in [1.165, 1.54) is 0 Å². The molecule has 0 bridgehead atoms. The average Bonchev–Trinajstić information content (AvgIpc) is 3.24. The van der Waals surface area contributed by atoms with Gasteiger partial charge in [0.2, 0.25) is 15.7 Å². The van der Waals surface area contributed by atoms with Crippen LogP contribution in [0.25, 0.3) is 0 Å². The highest BCUT2D eigenvalue weighted by Gasteiger charge is 2.57. The Hall–Kier alpha value is -1.36. The van der Waals surface area contributed by atoms with Gasteiger partial charge in [-0.25, -0.2) is 8.42 Å². The minimum absolute atomic E-state index is 0.0330. The maximum Gasteiger partial charge on any atom is 0.224 e. The molecule has 0 radical (unpaired) electrons. The topological polar surface area (TPSA) is 63.2 Å². The molecule has 0 heterocycles. The van der Waals surface area contributed by atoms with Crippen molar-refractivity contribution in [3.63, 3.8) is 0 Å². The zero-order valence-corrected chi connectivity index (χ0v) is 11.7. The van der Waals surface area contributed by atoms with Gasteiger partial charge in [-0.05, 0) is 44.7 Å². The normalized spacial score (nSPS) is 20.9. The van der Waals surface area contributed by atoms with Crippen LogP contribution in [0.2, 0.25) is 0 Å². The Bertz CT molecular complexity index is 611. The van der Waals surface area contributed by atoms with Crippen molar-refractivity contribution in [3.05, 3.63) is 29.8 Å². The third kappa shape index (κ3) is 2.16. The summed E-state index contributed by atoms with van der Waals surface area (Å²) in [7, 11) is -3.48. The van der Waals surface area contributed by atoms with Gasteiger partial charge >= 0.3 is 0 Å². The van der Waals surface area contributed by atoms with Crippen molar-refractivity contribution in [3.8, 4) is 0 Å². The molecular weight excluding hydrogens is 262 g/mol. The molecular formula is C14H17NO3S. The van der Waals surface area contributed by atoms with Crippen molar-refractivity contribution >= 4 is 15.7 Å². The van der Waals surface area contributed by atoms with Crippen LogP contribution in [0.15, 0.2) is 29.2 Å². The van der Waals surface area contributed by atoms with E-state index in [4.69, 9.17) is 0 Å². The maximum atomic E-state index is 12.6. The van der Waals surface area contributed by atoms with Gasteiger partial charge in [0, 0.05) is 5.92 Å². The smallest absolute Gasteiger partial charge is 0.224 e. The second-order valence-corrected chi connectivity index (χ2v) is 7.83. The Balaban J connectivity index is 1.86. The molecule has 0 saturated heterocycles. The number of aryl methyl sites for hydroxylation is 1. The Morgan fingerprint density at radius 2 is 1.79 bits per heavy atom. The van der Waals surface area contributed by atoms with Crippen LogP contribution in [-0.2, 0) is 14.6 Å². The zero-order chi connectivity index (χ0) is 13.7. The molecule has 102 valence electrons. The fourth-order valence-electron chi connectivity index (χ4n) is 2.19. The lowest BCUT2D eigenvalue weighted by Crippen LogP contribution is -2.43. The Kier molecular flexibility index (Phi) is 2.71. The van der Waals surface area contributed by atoms with Crippen LogP contribution >= 0.6 is 0 Å². The molecule has 0 aliphatic heterocycles. The van der Waals surface area contributed by atoms with Crippen LogP contribution in [0.3, 0.4) is 0 Å². The van der Waals surface area contributed by atoms with E-state index in [-0.39, 0.29) is 11.8 Å². The van der Waals surface area contributed by atoms with Gasteiger partial charge in [0.15, 0.2) is 0 Å². The number of hydrogen-bond acceptors (Lipinski definition) is 3. The third-order valence-electron chi connectivity index (χ3n) is 3.85. The summed E-state index contributed by atoms with van der Waals surface area (Å²) in [5, 5.41) is 2.76. The van der Waals surface area contributed by atoms with E-state index in [2.05, 4.69) is 5.32 Å². The summed E-state index contributed by atoms with van der Waals surface area (Å²) in [5.41, 5.74) is 1.02. The van der Waals surface area contributed by atoms with Gasteiger partial charge in [-0.2, -0.15) is 0 Å². The number of rotatable bonds is 4. The van der Waals surface area contributed by atoms with E-state index >= 15 is 0 Å². The molecule has 2 aliphatic rings. The van der Waals surface area contributed by atoms with Crippen molar-refractivity contribution in [2.24, 2.45) is 5.92 Å². The molecule has 0 unspecified atom stereocenters. The summed E-state index contributed by atoms with van der Waals surface area (Å²) in [6, 6.07) is 6.80. The van der Waals surface area contributed by atoms with Crippen molar-refractivity contribution < 1.29 is 13.2 Å². The predicted octanol–water partition coefficient (Wildman–Crippen LogP) is 1.79. The quantitative estimate of drug-likeness (QED) is 0.914. The van der Waals surface area contributed by atoms with Crippen LogP contribution in [0.1, 0.15) is 31.2 Å². The van der Waals surface area contributed by atoms with E-state index in [1.807, 2.05) is 6.92 Å². The van der Waals surface area contributed by atoms with Crippen molar-refractivity contribution in [1.82, 2.24) is 5.32 Å². The molecule has 2 saturated carbocycles. The molecule has 0 atom stereocenters. The summed E-state index contributed by atoms with van der Waals surface area (Å²) in [6.45, 7) is 1.91. The van der Waals surface area contributed by atoms with E-state index < -0.39 is 14.7 Å². The van der Waals surface area contributed by atoms with Crippen molar-refractivity contribution in [1.29, 1.82) is 0 Å². The first-order chi connectivity index (χ1) is 8.95. The number of sulfone groups is 1. The number of hydrogen-bond donors (Lipinski definition) is 1. The summed E-state index contributed by atoms with van der Waals surface area (Å²) in [6.07, 6.45) is 2.79. The summed E-state index contributed by atoms with van der Waals surface area (Å²) in [4.78, 5) is 11.1. The average molecular weight is 279 g/mol. The standard InChI is InChI=1S/C14H17NO3S/c1-10-2-6-12(7-3-10)19(17,18)14(8-9-14)15-13(16)11-4-5-11/h2-3,6-7,11H,4-5,8-9H2,1H3,(H,15,16). The first kappa shape index (κ1) is 12.7. The lowest BCUT2D eigenvalue weighted by atomic mass is 10.2. The number of amides is 1. The minimum atomic E-state index is -3.48. The maximum absolute atomic E-state index is 12.6. The fourth-order valence-corrected chi connectivity index (χ4v) is 4.01. The lowest BCUT2D eigenvalue weighted by Gasteiger charge is -2.18. The summed E-state index contributed by atoms with van der Waals surface area (Å²) < 4.78 is 25.2. The van der Waals surface area contributed by atoms with Gasteiger partial charge in [-0.3, -0.25) is 4.79 Å². The molecule has 1 N–H and O–H groups in total.